The van der Waals surface area contributed by atoms with Crippen LogP contribution in [-0.2, 0) is 12.0 Å². The molecule has 1 aromatic rings. The Hall–Kier alpha value is -0.820. The number of rotatable bonds is 2. The van der Waals surface area contributed by atoms with Gasteiger partial charge in [-0.3, -0.25) is 0 Å². The van der Waals surface area contributed by atoms with Gasteiger partial charge in [0.05, 0.1) is 5.60 Å². The minimum absolute atomic E-state index is 0.358. The summed E-state index contributed by atoms with van der Waals surface area (Å²) >= 11 is 0. The smallest absolute Gasteiger partial charge is 0.0896 e. The maximum Gasteiger partial charge on any atom is 0.0896 e. The van der Waals surface area contributed by atoms with Crippen LogP contribution in [0.2, 0.25) is 0 Å². The molecule has 0 spiro atoms. The van der Waals surface area contributed by atoms with Crippen molar-refractivity contribution in [1.29, 1.82) is 0 Å². The van der Waals surface area contributed by atoms with Gasteiger partial charge in [-0.15, -0.1) is 0 Å². The molecule has 1 aliphatic carbocycles. The molecule has 1 aromatic carbocycles. The SMILES string of the molecule is CCc1ccc(C2(O)CCCC(C(C)(C)C)CC2)cc1. The van der Waals surface area contributed by atoms with Crippen molar-refractivity contribution in [3.05, 3.63) is 35.4 Å². The first kappa shape index (κ1) is 15.6. The second kappa shape index (κ2) is 5.89. The molecular formula is C19H30O. The Balaban J connectivity index is 2.14. The number of aliphatic hydroxyl groups is 1. The molecule has 0 aliphatic heterocycles. The van der Waals surface area contributed by atoms with E-state index in [2.05, 4.69) is 52.0 Å². The highest BCUT2D eigenvalue weighted by Crippen LogP contribution is 2.43. The lowest BCUT2D eigenvalue weighted by Gasteiger charge is -2.31. The maximum atomic E-state index is 11.1. The maximum absolute atomic E-state index is 11.1. The van der Waals surface area contributed by atoms with Crippen molar-refractivity contribution >= 4 is 0 Å². The van der Waals surface area contributed by atoms with Crippen LogP contribution in [0, 0.1) is 11.3 Å². The second-order valence-corrected chi connectivity index (χ2v) is 7.58. The highest BCUT2D eigenvalue weighted by atomic mass is 16.3. The third-order valence-corrected chi connectivity index (χ3v) is 5.17. The average Bonchev–Trinajstić information content (AvgIpc) is 2.61. The molecule has 1 aliphatic rings. The van der Waals surface area contributed by atoms with Gasteiger partial charge in [-0.1, -0.05) is 52.0 Å². The third kappa shape index (κ3) is 3.44. The predicted molar refractivity (Wildman–Crippen MR) is 85.7 cm³/mol. The van der Waals surface area contributed by atoms with E-state index in [4.69, 9.17) is 0 Å². The van der Waals surface area contributed by atoms with Crippen molar-refractivity contribution < 1.29 is 5.11 Å². The third-order valence-electron chi connectivity index (χ3n) is 5.17. The van der Waals surface area contributed by atoms with Gasteiger partial charge < -0.3 is 5.11 Å². The lowest BCUT2D eigenvalue weighted by molar-refractivity contribution is 0.0179. The molecule has 1 nitrogen and oxygen atoms in total. The highest BCUT2D eigenvalue weighted by Gasteiger charge is 2.35. The van der Waals surface area contributed by atoms with E-state index in [1.54, 1.807) is 0 Å². The standard InChI is InChI=1S/C19H30O/c1-5-15-8-10-17(11-9-15)19(20)13-6-7-16(12-14-19)18(2,3)4/h8-11,16,20H,5-7,12-14H2,1-4H3. The molecule has 2 atom stereocenters. The monoisotopic (exact) mass is 274 g/mol. The van der Waals surface area contributed by atoms with Gasteiger partial charge in [-0.25, -0.2) is 0 Å². The Bertz CT molecular complexity index is 426. The normalized spacial score (nSPS) is 28.1. The van der Waals surface area contributed by atoms with Crippen LogP contribution >= 0.6 is 0 Å². The molecule has 2 rings (SSSR count). The molecule has 0 aromatic heterocycles. The van der Waals surface area contributed by atoms with E-state index in [0.29, 0.717) is 5.41 Å². The molecular weight excluding hydrogens is 244 g/mol. The van der Waals surface area contributed by atoms with Gasteiger partial charge in [0.2, 0.25) is 0 Å². The first-order valence-corrected chi connectivity index (χ1v) is 8.17. The van der Waals surface area contributed by atoms with Crippen molar-refractivity contribution in [1.82, 2.24) is 0 Å². The molecule has 1 heteroatoms. The van der Waals surface area contributed by atoms with Crippen LogP contribution < -0.4 is 0 Å². The number of aryl methyl sites for hydroxylation is 1. The fraction of sp³-hybridized carbons (Fsp3) is 0.684. The summed E-state index contributed by atoms with van der Waals surface area (Å²) in [6, 6.07) is 8.60. The topological polar surface area (TPSA) is 20.2 Å². The van der Waals surface area contributed by atoms with E-state index in [1.165, 1.54) is 12.0 Å². The summed E-state index contributed by atoms with van der Waals surface area (Å²) in [6.45, 7) is 9.16. The molecule has 112 valence electrons. The zero-order chi connectivity index (χ0) is 14.8. The van der Waals surface area contributed by atoms with Crippen LogP contribution in [0.1, 0.15) is 70.9 Å². The minimum Gasteiger partial charge on any atom is -0.385 e. The van der Waals surface area contributed by atoms with E-state index in [1.807, 2.05) is 0 Å². The van der Waals surface area contributed by atoms with Crippen LogP contribution in [-0.4, -0.2) is 5.11 Å². The molecule has 0 bridgehead atoms. The van der Waals surface area contributed by atoms with Crippen LogP contribution in [0.4, 0.5) is 0 Å². The lowest BCUT2D eigenvalue weighted by atomic mass is 9.76. The van der Waals surface area contributed by atoms with E-state index in [-0.39, 0.29) is 0 Å². The van der Waals surface area contributed by atoms with Crippen molar-refractivity contribution in [2.75, 3.05) is 0 Å². The van der Waals surface area contributed by atoms with E-state index < -0.39 is 5.60 Å². The highest BCUT2D eigenvalue weighted by molar-refractivity contribution is 5.27. The molecule has 1 N–H and O–H groups in total. The van der Waals surface area contributed by atoms with Crippen molar-refractivity contribution in [2.45, 2.75) is 71.8 Å². The fourth-order valence-corrected chi connectivity index (χ4v) is 3.53. The summed E-state index contributed by atoms with van der Waals surface area (Å²) in [5.41, 5.74) is 2.21. The largest absolute Gasteiger partial charge is 0.385 e. The van der Waals surface area contributed by atoms with Gasteiger partial charge in [-0.2, -0.15) is 0 Å². The minimum atomic E-state index is -0.605. The molecule has 0 radical (unpaired) electrons. The second-order valence-electron chi connectivity index (χ2n) is 7.58. The Morgan fingerprint density at radius 3 is 2.30 bits per heavy atom. The Labute approximate surface area is 124 Å². The number of hydrogen-bond acceptors (Lipinski definition) is 1. The number of benzene rings is 1. The van der Waals surface area contributed by atoms with E-state index >= 15 is 0 Å². The average molecular weight is 274 g/mol. The summed E-state index contributed by atoms with van der Waals surface area (Å²) in [7, 11) is 0. The van der Waals surface area contributed by atoms with Gasteiger partial charge in [-0.05, 0) is 61.0 Å². The van der Waals surface area contributed by atoms with E-state index in [0.717, 1.165) is 43.6 Å². The Morgan fingerprint density at radius 1 is 1.10 bits per heavy atom. The zero-order valence-corrected chi connectivity index (χ0v) is 13.6. The Morgan fingerprint density at radius 2 is 1.75 bits per heavy atom. The van der Waals surface area contributed by atoms with Gasteiger partial charge in [0.25, 0.3) is 0 Å². The zero-order valence-electron chi connectivity index (χ0n) is 13.6. The Kier molecular flexibility index (Phi) is 4.59. The molecule has 2 unspecified atom stereocenters. The van der Waals surface area contributed by atoms with Crippen LogP contribution in [0.3, 0.4) is 0 Å². The summed E-state index contributed by atoms with van der Waals surface area (Å²) in [5, 5.41) is 11.1. The van der Waals surface area contributed by atoms with E-state index in [9.17, 15) is 5.11 Å². The molecule has 0 heterocycles. The molecule has 20 heavy (non-hydrogen) atoms. The van der Waals surface area contributed by atoms with Gasteiger partial charge in [0.15, 0.2) is 0 Å². The first-order chi connectivity index (χ1) is 9.35. The summed E-state index contributed by atoms with van der Waals surface area (Å²) in [5.74, 6) is 0.728. The summed E-state index contributed by atoms with van der Waals surface area (Å²) < 4.78 is 0. The first-order valence-electron chi connectivity index (χ1n) is 8.17. The molecule has 1 fully saturated rings. The van der Waals surface area contributed by atoms with Gasteiger partial charge in [0, 0.05) is 0 Å². The summed E-state index contributed by atoms with van der Waals surface area (Å²) in [4.78, 5) is 0. The lowest BCUT2D eigenvalue weighted by Crippen LogP contribution is -2.25. The van der Waals surface area contributed by atoms with Crippen LogP contribution in [0.25, 0.3) is 0 Å². The predicted octanol–water partition coefficient (Wildman–Crippen LogP) is 5.06. The fourth-order valence-electron chi connectivity index (χ4n) is 3.53. The van der Waals surface area contributed by atoms with Gasteiger partial charge in [0.1, 0.15) is 0 Å². The van der Waals surface area contributed by atoms with Crippen molar-refractivity contribution in [2.24, 2.45) is 11.3 Å². The van der Waals surface area contributed by atoms with Crippen LogP contribution in [0.15, 0.2) is 24.3 Å². The quantitative estimate of drug-likeness (QED) is 0.747. The molecule has 0 amide bonds. The van der Waals surface area contributed by atoms with Crippen LogP contribution in [0.5, 0.6) is 0 Å². The van der Waals surface area contributed by atoms with Crippen molar-refractivity contribution in [3.8, 4) is 0 Å². The van der Waals surface area contributed by atoms with Gasteiger partial charge >= 0.3 is 0 Å². The molecule has 0 saturated heterocycles. The molecule has 1 saturated carbocycles. The number of hydrogen-bond donors (Lipinski definition) is 1. The summed E-state index contributed by atoms with van der Waals surface area (Å²) in [6.07, 6.45) is 6.39. The van der Waals surface area contributed by atoms with Crippen molar-refractivity contribution in [3.63, 3.8) is 0 Å².